The molecule has 3 rings (SSSR count). The lowest BCUT2D eigenvalue weighted by Crippen LogP contribution is -2.32. The molecule has 2 aromatic carbocycles. The van der Waals surface area contributed by atoms with Crippen molar-refractivity contribution in [2.45, 2.75) is 13.8 Å². The van der Waals surface area contributed by atoms with Gasteiger partial charge in [-0.2, -0.15) is 0 Å². The zero-order valence-corrected chi connectivity index (χ0v) is 17.7. The highest BCUT2D eigenvalue weighted by molar-refractivity contribution is 8.18. The first-order valence-corrected chi connectivity index (χ1v) is 10.0. The average Bonchev–Trinajstić information content (AvgIpc) is 2.98. The topological polar surface area (TPSA) is 71.4 Å². The molecule has 0 bridgehead atoms. The molecule has 1 N–H and O–H groups in total. The molecular formula is C22H24N2O4S. The number of phenols is 1. The average molecular weight is 413 g/mol. The van der Waals surface area contributed by atoms with Crippen LogP contribution in [-0.4, -0.2) is 41.8 Å². The van der Waals surface area contributed by atoms with Gasteiger partial charge in [0.2, 0.25) is 0 Å². The van der Waals surface area contributed by atoms with Gasteiger partial charge in [-0.25, -0.2) is 4.99 Å². The van der Waals surface area contributed by atoms with E-state index in [0.29, 0.717) is 28.3 Å². The SMILES string of the molecule is COc1ccc(N=C2S/C(=C/c3ccc(O)c(OC)c3)C(=O)N2CC(C)C)cc1. The van der Waals surface area contributed by atoms with Crippen LogP contribution in [0, 0.1) is 5.92 Å². The number of ether oxygens (including phenoxy) is 2. The van der Waals surface area contributed by atoms with Crippen LogP contribution in [0.5, 0.6) is 17.2 Å². The van der Waals surface area contributed by atoms with Gasteiger partial charge in [-0.3, -0.25) is 9.69 Å². The van der Waals surface area contributed by atoms with Gasteiger partial charge in [0.25, 0.3) is 5.91 Å². The standard InChI is InChI=1S/C22H24N2O4S/c1-14(2)13-24-21(26)20(12-15-5-10-18(25)19(11-15)28-4)29-22(24)23-16-6-8-17(27-3)9-7-16/h5-12,14,25H,13H2,1-4H3/b20-12+,23-22?. The van der Waals surface area contributed by atoms with Gasteiger partial charge in [0.1, 0.15) is 5.75 Å². The normalized spacial score (nSPS) is 16.9. The number of amidine groups is 1. The molecule has 0 aliphatic carbocycles. The van der Waals surface area contributed by atoms with Crippen LogP contribution in [0.1, 0.15) is 19.4 Å². The molecule has 0 radical (unpaired) electrons. The molecule has 1 amide bonds. The fourth-order valence-electron chi connectivity index (χ4n) is 2.82. The summed E-state index contributed by atoms with van der Waals surface area (Å²) in [6, 6.07) is 12.4. The number of carbonyl (C=O) groups is 1. The molecule has 1 aliphatic heterocycles. The molecule has 29 heavy (non-hydrogen) atoms. The van der Waals surface area contributed by atoms with Crippen molar-refractivity contribution in [1.29, 1.82) is 0 Å². The minimum absolute atomic E-state index is 0.0586. The first-order chi connectivity index (χ1) is 13.9. The van der Waals surface area contributed by atoms with Gasteiger partial charge in [-0.1, -0.05) is 19.9 Å². The summed E-state index contributed by atoms with van der Waals surface area (Å²) in [5, 5.41) is 10.4. The van der Waals surface area contributed by atoms with Crippen molar-refractivity contribution in [3.05, 3.63) is 52.9 Å². The van der Waals surface area contributed by atoms with Crippen LogP contribution < -0.4 is 9.47 Å². The Morgan fingerprint density at radius 3 is 2.48 bits per heavy atom. The highest BCUT2D eigenvalue weighted by Gasteiger charge is 2.33. The third kappa shape index (κ3) is 4.92. The van der Waals surface area contributed by atoms with Crippen LogP contribution >= 0.6 is 11.8 Å². The number of aromatic hydroxyl groups is 1. The lowest BCUT2D eigenvalue weighted by molar-refractivity contribution is -0.122. The molecule has 0 aromatic heterocycles. The Balaban J connectivity index is 1.94. The highest BCUT2D eigenvalue weighted by Crippen LogP contribution is 2.36. The van der Waals surface area contributed by atoms with Crippen molar-refractivity contribution in [3.63, 3.8) is 0 Å². The number of aliphatic imine (C=N–C) groups is 1. The van der Waals surface area contributed by atoms with E-state index in [2.05, 4.69) is 18.8 Å². The summed E-state index contributed by atoms with van der Waals surface area (Å²) in [5.74, 6) is 1.39. The van der Waals surface area contributed by atoms with Crippen molar-refractivity contribution in [2.24, 2.45) is 10.9 Å². The molecular weight excluding hydrogens is 388 g/mol. The number of nitrogens with zero attached hydrogens (tertiary/aromatic N) is 2. The molecule has 152 valence electrons. The largest absolute Gasteiger partial charge is 0.504 e. The fraction of sp³-hybridized carbons (Fsp3) is 0.273. The summed E-state index contributed by atoms with van der Waals surface area (Å²) in [4.78, 5) is 20.0. The third-order valence-corrected chi connectivity index (χ3v) is 5.24. The number of carbonyl (C=O) groups excluding carboxylic acids is 1. The molecule has 1 heterocycles. The van der Waals surface area contributed by atoms with Crippen LogP contribution in [0.15, 0.2) is 52.4 Å². The van der Waals surface area contributed by atoms with Gasteiger partial charge in [-0.05, 0) is 65.7 Å². The molecule has 0 spiro atoms. The number of benzene rings is 2. The zero-order valence-electron chi connectivity index (χ0n) is 16.9. The van der Waals surface area contributed by atoms with Crippen LogP contribution in [0.4, 0.5) is 5.69 Å². The van der Waals surface area contributed by atoms with E-state index in [1.807, 2.05) is 24.3 Å². The molecule has 7 heteroatoms. The van der Waals surface area contributed by atoms with Crippen LogP contribution in [0.3, 0.4) is 0 Å². The molecule has 1 aliphatic rings. The van der Waals surface area contributed by atoms with E-state index in [4.69, 9.17) is 9.47 Å². The van der Waals surface area contributed by atoms with Crippen molar-refractivity contribution >= 4 is 34.6 Å². The molecule has 1 fully saturated rings. The van der Waals surface area contributed by atoms with Crippen LogP contribution in [0.2, 0.25) is 0 Å². The first-order valence-electron chi connectivity index (χ1n) is 9.22. The number of rotatable bonds is 6. The summed E-state index contributed by atoms with van der Waals surface area (Å²) >= 11 is 1.34. The lowest BCUT2D eigenvalue weighted by atomic mass is 10.1. The predicted octanol–water partition coefficient (Wildman–Crippen LogP) is 4.67. The Labute approximate surface area is 174 Å². The Morgan fingerprint density at radius 1 is 1.14 bits per heavy atom. The van der Waals surface area contributed by atoms with Gasteiger partial charge in [0.15, 0.2) is 16.7 Å². The van der Waals surface area contributed by atoms with Gasteiger partial charge < -0.3 is 14.6 Å². The monoisotopic (exact) mass is 412 g/mol. The van der Waals surface area contributed by atoms with Crippen LogP contribution in [0.25, 0.3) is 6.08 Å². The van der Waals surface area contributed by atoms with E-state index >= 15 is 0 Å². The highest BCUT2D eigenvalue weighted by atomic mass is 32.2. The number of hydrogen-bond donors (Lipinski definition) is 1. The Kier molecular flexibility index (Phi) is 6.49. The maximum atomic E-state index is 13.0. The van der Waals surface area contributed by atoms with Crippen molar-refractivity contribution in [1.82, 2.24) is 4.90 Å². The second-order valence-corrected chi connectivity index (χ2v) is 7.95. The second kappa shape index (κ2) is 9.05. The predicted molar refractivity (Wildman–Crippen MR) is 117 cm³/mol. The molecule has 1 saturated heterocycles. The number of amides is 1. The molecule has 0 unspecified atom stereocenters. The number of hydrogen-bond acceptors (Lipinski definition) is 6. The fourth-order valence-corrected chi connectivity index (χ4v) is 3.83. The van der Waals surface area contributed by atoms with E-state index in [-0.39, 0.29) is 11.7 Å². The van der Waals surface area contributed by atoms with E-state index in [0.717, 1.165) is 17.0 Å². The molecule has 0 saturated carbocycles. The van der Waals surface area contributed by atoms with E-state index in [9.17, 15) is 9.90 Å². The maximum absolute atomic E-state index is 13.0. The number of phenolic OH excluding ortho intramolecular Hbond substituents is 1. The Morgan fingerprint density at radius 2 is 1.86 bits per heavy atom. The summed E-state index contributed by atoms with van der Waals surface area (Å²) in [7, 11) is 3.11. The van der Waals surface area contributed by atoms with E-state index in [1.165, 1.54) is 18.9 Å². The summed E-state index contributed by atoms with van der Waals surface area (Å²) < 4.78 is 10.3. The van der Waals surface area contributed by atoms with Crippen molar-refractivity contribution in [3.8, 4) is 17.2 Å². The van der Waals surface area contributed by atoms with Crippen molar-refractivity contribution in [2.75, 3.05) is 20.8 Å². The molecule has 0 atom stereocenters. The lowest BCUT2D eigenvalue weighted by Gasteiger charge is -2.17. The summed E-state index contributed by atoms with van der Waals surface area (Å²) in [5.41, 5.74) is 1.52. The van der Waals surface area contributed by atoms with Gasteiger partial charge in [0.05, 0.1) is 24.8 Å². The second-order valence-electron chi connectivity index (χ2n) is 6.94. The molecule has 6 nitrogen and oxygen atoms in total. The number of thioether (sulfide) groups is 1. The van der Waals surface area contributed by atoms with E-state index < -0.39 is 0 Å². The van der Waals surface area contributed by atoms with Crippen molar-refractivity contribution < 1.29 is 19.4 Å². The Hall–Kier alpha value is -2.93. The minimum atomic E-state index is -0.0806. The van der Waals surface area contributed by atoms with E-state index in [1.54, 1.807) is 36.3 Å². The number of methoxy groups -OCH3 is 2. The van der Waals surface area contributed by atoms with Gasteiger partial charge in [-0.15, -0.1) is 0 Å². The smallest absolute Gasteiger partial charge is 0.266 e. The quantitative estimate of drug-likeness (QED) is 0.698. The first kappa shape index (κ1) is 20.8. The van der Waals surface area contributed by atoms with Gasteiger partial charge in [0, 0.05) is 6.54 Å². The zero-order chi connectivity index (χ0) is 21.0. The third-order valence-electron chi connectivity index (χ3n) is 4.23. The molecule has 2 aromatic rings. The van der Waals surface area contributed by atoms with Gasteiger partial charge >= 0.3 is 0 Å². The minimum Gasteiger partial charge on any atom is -0.504 e. The summed E-state index contributed by atoms with van der Waals surface area (Å²) in [6.07, 6.45) is 1.79. The van der Waals surface area contributed by atoms with Crippen LogP contribution in [-0.2, 0) is 4.79 Å². The summed E-state index contributed by atoms with van der Waals surface area (Å²) in [6.45, 7) is 4.71. The Bertz CT molecular complexity index is 952. The maximum Gasteiger partial charge on any atom is 0.266 e.